The molecule has 2 aromatic carbocycles. The summed E-state index contributed by atoms with van der Waals surface area (Å²) >= 11 is 0. The molecule has 0 radical (unpaired) electrons. The molecule has 5 nitrogen and oxygen atoms in total. The molecule has 0 spiro atoms. The Balaban J connectivity index is 2.67. The van der Waals surface area contributed by atoms with Crippen LogP contribution < -0.4 is 10.2 Å². The molecule has 0 aliphatic heterocycles. The van der Waals surface area contributed by atoms with E-state index in [1.54, 1.807) is 23.7 Å². The minimum absolute atomic E-state index is 0.0875. The molecule has 2 N–H and O–H groups in total. The summed E-state index contributed by atoms with van der Waals surface area (Å²) in [4.78, 5) is 12.5. The second kappa shape index (κ2) is 4.16. The number of aryl methyl sites for hydroxylation is 1. The summed E-state index contributed by atoms with van der Waals surface area (Å²) in [5, 5.41) is 20.5. The molecule has 0 atom stereocenters. The van der Waals surface area contributed by atoms with Crippen LogP contribution in [0.1, 0.15) is 0 Å². The molecule has 0 fully saturated rings. The third kappa shape index (κ3) is 1.46. The van der Waals surface area contributed by atoms with Crippen LogP contribution in [-0.2, 0) is 7.05 Å². The van der Waals surface area contributed by atoms with Crippen LogP contribution in [0.4, 0.5) is 0 Å². The summed E-state index contributed by atoms with van der Waals surface area (Å²) in [7, 11) is 3.18. The summed E-state index contributed by atoms with van der Waals surface area (Å²) in [5.41, 5.74) is 0.933. The Labute approximate surface area is 114 Å². The highest BCUT2D eigenvalue weighted by Gasteiger charge is 2.18. The lowest BCUT2D eigenvalue weighted by Crippen LogP contribution is -2.09. The van der Waals surface area contributed by atoms with Crippen molar-refractivity contribution < 1.29 is 14.9 Å². The quantitative estimate of drug-likeness (QED) is 0.525. The number of fused-ring (bicyclic) bond motifs is 2. The van der Waals surface area contributed by atoms with Crippen molar-refractivity contribution in [3.8, 4) is 17.2 Å². The molecule has 5 heteroatoms. The fourth-order valence-corrected chi connectivity index (χ4v) is 2.49. The zero-order valence-corrected chi connectivity index (χ0v) is 11.0. The Hall–Kier alpha value is -2.69. The molecule has 1 heterocycles. The molecule has 0 aliphatic carbocycles. The van der Waals surface area contributed by atoms with Crippen molar-refractivity contribution >= 4 is 21.8 Å². The van der Waals surface area contributed by atoms with E-state index in [2.05, 4.69) is 0 Å². The molecular weight excluding hydrogens is 258 g/mol. The molecule has 0 saturated carbocycles. The number of para-hydroxylation sites is 1. The molecule has 0 amide bonds. The van der Waals surface area contributed by atoms with E-state index in [0.29, 0.717) is 10.9 Å². The van der Waals surface area contributed by atoms with Gasteiger partial charge >= 0.3 is 0 Å². The van der Waals surface area contributed by atoms with Crippen LogP contribution in [0.25, 0.3) is 21.8 Å². The standard InChI is InChI=1S/C15H13NO4/c1-16-9-6-4-3-5-8(9)13(17)12-10(16)7-11(20-2)14(18)15(12)19/h3-7,18-19H,1-2H3. The van der Waals surface area contributed by atoms with Crippen LogP contribution >= 0.6 is 0 Å². The number of phenolic OH excluding ortho intramolecular Hbond substituents is 2. The molecule has 1 aromatic heterocycles. The highest BCUT2D eigenvalue weighted by Crippen LogP contribution is 2.40. The molecule has 102 valence electrons. The Morgan fingerprint density at radius 3 is 2.50 bits per heavy atom. The first kappa shape index (κ1) is 12.3. The molecule has 0 unspecified atom stereocenters. The van der Waals surface area contributed by atoms with Crippen molar-refractivity contribution in [2.75, 3.05) is 7.11 Å². The maximum atomic E-state index is 12.5. The molecule has 0 saturated heterocycles. The van der Waals surface area contributed by atoms with Gasteiger partial charge in [0.1, 0.15) is 0 Å². The average Bonchev–Trinajstić information content (AvgIpc) is 2.47. The van der Waals surface area contributed by atoms with Gasteiger partial charge in [-0.2, -0.15) is 0 Å². The molecule has 3 aromatic rings. The van der Waals surface area contributed by atoms with Gasteiger partial charge in [0.25, 0.3) is 0 Å². The second-order valence-electron chi connectivity index (χ2n) is 4.58. The van der Waals surface area contributed by atoms with Crippen molar-refractivity contribution in [1.29, 1.82) is 0 Å². The van der Waals surface area contributed by atoms with Crippen molar-refractivity contribution in [1.82, 2.24) is 4.57 Å². The second-order valence-corrected chi connectivity index (χ2v) is 4.58. The topological polar surface area (TPSA) is 71.7 Å². The number of aromatic hydroxyl groups is 2. The molecule has 20 heavy (non-hydrogen) atoms. The minimum atomic E-state index is -0.453. The number of pyridine rings is 1. The summed E-state index contributed by atoms with van der Waals surface area (Å²) in [5.74, 6) is -0.752. The van der Waals surface area contributed by atoms with E-state index in [1.807, 2.05) is 12.1 Å². The third-order valence-corrected chi connectivity index (χ3v) is 3.54. The predicted molar refractivity (Wildman–Crippen MR) is 76.6 cm³/mol. The van der Waals surface area contributed by atoms with Gasteiger partial charge in [-0.1, -0.05) is 12.1 Å². The van der Waals surface area contributed by atoms with Crippen molar-refractivity contribution in [3.05, 3.63) is 40.6 Å². The highest BCUT2D eigenvalue weighted by molar-refractivity contribution is 5.98. The number of benzene rings is 2. The Morgan fingerprint density at radius 1 is 1.10 bits per heavy atom. The molecule has 3 rings (SSSR count). The fourth-order valence-electron chi connectivity index (χ4n) is 2.49. The van der Waals surface area contributed by atoms with Gasteiger partial charge in [0, 0.05) is 18.5 Å². The van der Waals surface area contributed by atoms with Gasteiger partial charge in [-0.3, -0.25) is 4.79 Å². The van der Waals surface area contributed by atoms with Crippen molar-refractivity contribution in [2.45, 2.75) is 0 Å². The summed E-state index contributed by atoms with van der Waals surface area (Å²) in [6, 6.07) is 8.66. The number of ether oxygens (including phenoxy) is 1. The fraction of sp³-hybridized carbons (Fsp3) is 0.133. The molecule has 0 bridgehead atoms. The normalized spacial score (nSPS) is 11.1. The lowest BCUT2D eigenvalue weighted by Gasteiger charge is -2.13. The van der Waals surface area contributed by atoms with Crippen LogP contribution in [0.5, 0.6) is 17.2 Å². The summed E-state index contributed by atoms with van der Waals surface area (Å²) in [6.07, 6.45) is 0. The number of nitrogens with zero attached hydrogens (tertiary/aromatic N) is 1. The first-order valence-corrected chi connectivity index (χ1v) is 6.06. The summed E-state index contributed by atoms with van der Waals surface area (Å²) < 4.78 is 6.80. The van der Waals surface area contributed by atoms with Crippen molar-refractivity contribution in [2.24, 2.45) is 7.05 Å². The maximum Gasteiger partial charge on any atom is 0.201 e. The van der Waals surface area contributed by atoms with E-state index in [9.17, 15) is 15.0 Å². The first-order chi connectivity index (χ1) is 9.56. The number of phenols is 2. The first-order valence-electron chi connectivity index (χ1n) is 6.06. The molecule has 0 aliphatic rings. The van der Waals surface area contributed by atoms with Gasteiger partial charge < -0.3 is 19.5 Å². The number of methoxy groups -OCH3 is 1. The van der Waals surface area contributed by atoms with E-state index in [0.717, 1.165) is 5.52 Å². The van der Waals surface area contributed by atoms with E-state index in [-0.39, 0.29) is 16.6 Å². The number of rotatable bonds is 1. The Kier molecular flexibility index (Phi) is 2.57. The zero-order valence-electron chi connectivity index (χ0n) is 11.0. The lowest BCUT2D eigenvalue weighted by molar-refractivity contribution is 0.353. The van der Waals surface area contributed by atoms with E-state index in [4.69, 9.17) is 4.74 Å². The van der Waals surface area contributed by atoms with Crippen LogP contribution in [-0.4, -0.2) is 21.9 Å². The predicted octanol–water partition coefficient (Wildman–Crippen LogP) is 2.11. The van der Waals surface area contributed by atoms with E-state index in [1.165, 1.54) is 13.2 Å². The average molecular weight is 271 g/mol. The Morgan fingerprint density at radius 2 is 1.80 bits per heavy atom. The van der Waals surface area contributed by atoms with Gasteiger partial charge in [-0.05, 0) is 12.1 Å². The van der Waals surface area contributed by atoms with Crippen molar-refractivity contribution in [3.63, 3.8) is 0 Å². The van der Waals surface area contributed by atoms with Crippen LogP contribution in [0.15, 0.2) is 35.1 Å². The minimum Gasteiger partial charge on any atom is -0.504 e. The van der Waals surface area contributed by atoms with Crippen LogP contribution in [0.2, 0.25) is 0 Å². The third-order valence-electron chi connectivity index (χ3n) is 3.54. The SMILES string of the molecule is COc1cc2c(c(O)c1O)c(=O)c1ccccc1n2C. The largest absolute Gasteiger partial charge is 0.504 e. The van der Waals surface area contributed by atoms with E-state index >= 15 is 0 Å². The monoisotopic (exact) mass is 271 g/mol. The lowest BCUT2D eigenvalue weighted by atomic mass is 10.1. The number of hydrogen-bond acceptors (Lipinski definition) is 4. The van der Waals surface area contributed by atoms with Crippen LogP contribution in [0.3, 0.4) is 0 Å². The summed E-state index contributed by atoms with van der Waals surface area (Å²) in [6.45, 7) is 0. The highest BCUT2D eigenvalue weighted by atomic mass is 16.5. The van der Waals surface area contributed by atoms with Gasteiger partial charge in [0.05, 0.1) is 23.5 Å². The number of hydrogen-bond donors (Lipinski definition) is 2. The van der Waals surface area contributed by atoms with E-state index < -0.39 is 11.5 Å². The van der Waals surface area contributed by atoms with Crippen LogP contribution in [0, 0.1) is 0 Å². The Bertz CT molecular complexity index is 896. The number of aromatic nitrogens is 1. The van der Waals surface area contributed by atoms with Gasteiger partial charge in [0.2, 0.25) is 11.2 Å². The molecular formula is C15H13NO4. The van der Waals surface area contributed by atoms with Gasteiger partial charge in [-0.25, -0.2) is 0 Å². The zero-order chi connectivity index (χ0) is 14.4. The smallest absolute Gasteiger partial charge is 0.201 e. The van der Waals surface area contributed by atoms with Gasteiger partial charge in [0.15, 0.2) is 11.5 Å². The van der Waals surface area contributed by atoms with Gasteiger partial charge in [-0.15, -0.1) is 0 Å². The maximum absolute atomic E-state index is 12.5.